The highest BCUT2D eigenvalue weighted by Crippen LogP contribution is 2.56. The second-order valence-electron chi connectivity index (χ2n) is 8.57. The van der Waals surface area contributed by atoms with Crippen LogP contribution in [0.2, 0.25) is 0 Å². The molecule has 4 aromatic rings. The Bertz CT molecular complexity index is 1250. The Hall–Kier alpha value is -3.46. The Kier molecular flexibility index (Phi) is 4.04. The molecular formula is C27H26N2O. The quantitative estimate of drug-likeness (QED) is 0.452. The van der Waals surface area contributed by atoms with E-state index >= 15 is 0 Å². The molecule has 3 aromatic carbocycles. The van der Waals surface area contributed by atoms with Crippen LogP contribution in [-0.2, 0) is 11.1 Å². The zero-order valence-corrected chi connectivity index (χ0v) is 17.6. The number of nitrogens with zero attached hydrogens (tertiary/aromatic N) is 2. The predicted molar refractivity (Wildman–Crippen MR) is 125 cm³/mol. The van der Waals surface area contributed by atoms with E-state index in [0.717, 1.165) is 5.56 Å². The number of likely N-dealkylation sites (N-methyl/N-ethyl adjacent to an activating group) is 1. The van der Waals surface area contributed by atoms with Gasteiger partial charge in [-0.05, 0) is 46.7 Å². The maximum absolute atomic E-state index is 10.3. The van der Waals surface area contributed by atoms with E-state index in [1.54, 1.807) is 6.07 Å². The molecule has 3 heteroatoms. The number of phenolic OH excluding ortho intramolecular Hbond substituents is 1. The lowest BCUT2D eigenvalue weighted by Gasteiger charge is -2.46. The van der Waals surface area contributed by atoms with E-state index < -0.39 is 5.66 Å². The lowest BCUT2D eigenvalue weighted by Crippen LogP contribution is -2.54. The zero-order valence-electron chi connectivity index (χ0n) is 17.6. The maximum Gasteiger partial charge on any atom is 0.145 e. The highest BCUT2D eigenvalue weighted by atomic mass is 16.3. The molecule has 0 amide bonds. The molecule has 3 nitrogen and oxygen atoms in total. The molecule has 2 heterocycles. The molecule has 0 spiro atoms. The van der Waals surface area contributed by atoms with E-state index in [9.17, 15) is 5.11 Å². The van der Waals surface area contributed by atoms with Gasteiger partial charge in [0.1, 0.15) is 11.4 Å². The van der Waals surface area contributed by atoms with E-state index in [0.29, 0.717) is 0 Å². The number of aromatic nitrogens is 1. The first-order chi connectivity index (χ1) is 14.5. The van der Waals surface area contributed by atoms with Gasteiger partial charge in [-0.2, -0.15) is 0 Å². The number of aromatic hydroxyl groups is 1. The van der Waals surface area contributed by atoms with Crippen LogP contribution in [0.25, 0.3) is 16.8 Å². The molecule has 1 aliphatic rings. The molecular weight excluding hydrogens is 368 g/mol. The van der Waals surface area contributed by atoms with E-state index in [1.807, 2.05) is 24.3 Å². The van der Waals surface area contributed by atoms with Gasteiger partial charge in [0.15, 0.2) is 0 Å². The van der Waals surface area contributed by atoms with Crippen LogP contribution in [0.3, 0.4) is 0 Å². The summed E-state index contributed by atoms with van der Waals surface area (Å²) in [7, 11) is 2.16. The standard InChI is InChI=1S/C27H26N2O/c1-26(2)25-22-12-6-4-10-20(22)14-15-23(25)28(3)27(26,29-18-8-9-19-29)17-16-21-11-5-7-13-24(21)30/h4-19,30H,1-3H3. The minimum absolute atomic E-state index is 0.238. The van der Waals surface area contributed by atoms with Crippen molar-refractivity contribution in [3.8, 4) is 5.75 Å². The lowest BCUT2D eigenvalue weighted by molar-refractivity contribution is 0.239. The summed E-state index contributed by atoms with van der Waals surface area (Å²) in [6.45, 7) is 4.63. The van der Waals surface area contributed by atoms with Crippen molar-refractivity contribution in [3.05, 3.63) is 102 Å². The highest BCUT2D eigenvalue weighted by molar-refractivity contribution is 5.94. The molecule has 0 radical (unpaired) electrons. The Labute approximate surface area is 177 Å². The number of rotatable bonds is 3. The number of hydrogen-bond donors (Lipinski definition) is 1. The Morgan fingerprint density at radius 1 is 0.833 bits per heavy atom. The van der Waals surface area contributed by atoms with Gasteiger partial charge < -0.3 is 14.6 Å². The van der Waals surface area contributed by atoms with Crippen LogP contribution in [0.4, 0.5) is 5.69 Å². The van der Waals surface area contributed by atoms with E-state index in [1.165, 1.54) is 22.0 Å². The number of benzene rings is 3. The number of anilines is 1. The number of phenols is 1. The molecule has 1 aliphatic heterocycles. The van der Waals surface area contributed by atoms with Crippen LogP contribution in [0.15, 0.2) is 91.3 Å². The molecule has 1 N–H and O–H groups in total. The summed E-state index contributed by atoms with van der Waals surface area (Å²) >= 11 is 0. The van der Waals surface area contributed by atoms with Gasteiger partial charge in [-0.1, -0.05) is 68.5 Å². The van der Waals surface area contributed by atoms with Gasteiger partial charge in [0.05, 0.1) is 0 Å². The SMILES string of the molecule is CN1c2ccc3ccccc3c2C(C)(C)C1(C=Cc1ccccc1O)n1cccc1. The predicted octanol–water partition coefficient (Wildman–Crippen LogP) is 6.14. The Balaban J connectivity index is 1.79. The Morgan fingerprint density at radius 2 is 1.53 bits per heavy atom. The fourth-order valence-electron chi connectivity index (χ4n) is 5.28. The molecule has 5 rings (SSSR count). The van der Waals surface area contributed by atoms with Crippen LogP contribution >= 0.6 is 0 Å². The van der Waals surface area contributed by atoms with Crippen molar-refractivity contribution in [2.75, 3.05) is 11.9 Å². The van der Waals surface area contributed by atoms with Crippen molar-refractivity contribution in [1.29, 1.82) is 0 Å². The van der Waals surface area contributed by atoms with E-state index in [2.05, 4.69) is 97.4 Å². The maximum atomic E-state index is 10.3. The van der Waals surface area contributed by atoms with Crippen molar-refractivity contribution in [3.63, 3.8) is 0 Å². The smallest absolute Gasteiger partial charge is 0.145 e. The average molecular weight is 395 g/mol. The topological polar surface area (TPSA) is 28.4 Å². The van der Waals surface area contributed by atoms with Crippen LogP contribution in [-0.4, -0.2) is 16.7 Å². The molecule has 150 valence electrons. The van der Waals surface area contributed by atoms with E-state index in [4.69, 9.17) is 0 Å². The third-order valence-electron chi connectivity index (χ3n) is 6.75. The van der Waals surface area contributed by atoms with Crippen molar-refractivity contribution in [1.82, 2.24) is 4.57 Å². The summed E-state index contributed by atoms with van der Waals surface area (Å²) in [4.78, 5) is 2.37. The molecule has 0 saturated carbocycles. The van der Waals surface area contributed by atoms with Crippen molar-refractivity contribution < 1.29 is 5.11 Å². The first-order valence-electron chi connectivity index (χ1n) is 10.3. The second-order valence-corrected chi connectivity index (χ2v) is 8.57. The van der Waals surface area contributed by atoms with E-state index in [-0.39, 0.29) is 11.2 Å². The minimum Gasteiger partial charge on any atom is -0.507 e. The molecule has 0 saturated heterocycles. The normalized spacial score (nSPS) is 20.2. The number of para-hydroxylation sites is 1. The van der Waals surface area contributed by atoms with Gasteiger partial charge in [0.25, 0.3) is 0 Å². The molecule has 0 aliphatic carbocycles. The average Bonchev–Trinajstić information content (AvgIpc) is 3.34. The molecule has 1 unspecified atom stereocenters. The van der Waals surface area contributed by atoms with Gasteiger partial charge >= 0.3 is 0 Å². The lowest BCUT2D eigenvalue weighted by atomic mass is 9.73. The van der Waals surface area contributed by atoms with Gasteiger partial charge in [-0.3, -0.25) is 0 Å². The van der Waals surface area contributed by atoms with Gasteiger partial charge in [-0.15, -0.1) is 0 Å². The summed E-state index contributed by atoms with van der Waals surface area (Å²) in [5.74, 6) is 0.290. The van der Waals surface area contributed by atoms with Crippen LogP contribution in [0.5, 0.6) is 5.75 Å². The van der Waals surface area contributed by atoms with Crippen molar-refractivity contribution in [2.45, 2.75) is 24.9 Å². The number of hydrogen-bond acceptors (Lipinski definition) is 2. The fourth-order valence-corrected chi connectivity index (χ4v) is 5.28. The first-order valence-corrected chi connectivity index (χ1v) is 10.3. The van der Waals surface area contributed by atoms with Crippen molar-refractivity contribution in [2.24, 2.45) is 0 Å². The largest absolute Gasteiger partial charge is 0.507 e. The highest BCUT2D eigenvalue weighted by Gasteiger charge is 2.56. The first kappa shape index (κ1) is 18.6. The minimum atomic E-state index is -0.467. The second kappa shape index (κ2) is 6.53. The van der Waals surface area contributed by atoms with Crippen LogP contribution < -0.4 is 4.90 Å². The third kappa shape index (κ3) is 2.38. The van der Waals surface area contributed by atoms with Crippen LogP contribution in [0, 0.1) is 0 Å². The van der Waals surface area contributed by atoms with Crippen LogP contribution in [0.1, 0.15) is 25.0 Å². The summed E-state index contributed by atoms with van der Waals surface area (Å²) < 4.78 is 2.28. The fraction of sp³-hybridized carbons (Fsp3) is 0.185. The van der Waals surface area contributed by atoms with Crippen molar-refractivity contribution >= 4 is 22.5 Å². The monoisotopic (exact) mass is 394 g/mol. The van der Waals surface area contributed by atoms with Gasteiger partial charge in [-0.25, -0.2) is 0 Å². The zero-order chi connectivity index (χ0) is 20.9. The Morgan fingerprint density at radius 3 is 2.30 bits per heavy atom. The summed E-state index contributed by atoms with van der Waals surface area (Å²) in [6, 6.07) is 24.7. The van der Waals surface area contributed by atoms with Gasteiger partial charge in [0, 0.05) is 36.1 Å². The molecule has 1 atom stereocenters. The number of fused-ring (bicyclic) bond motifs is 3. The molecule has 0 bridgehead atoms. The molecule has 0 fully saturated rings. The third-order valence-corrected chi connectivity index (χ3v) is 6.75. The molecule has 1 aromatic heterocycles. The summed E-state index contributed by atoms with van der Waals surface area (Å²) in [5, 5.41) is 12.9. The molecule has 30 heavy (non-hydrogen) atoms. The van der Waals surface area contributed by atoms with Gasteiger partial charge in [0.2, 0.25) is 0 Å². The summed E-state index contributed by atoms with van der Waals surface area (Å²) in [5.41, 5.74) is 2.69. The summed E-state index contributed by atoms with van der Waals surface area (Å²) in [6.07, 6.45) is 8.53.